The van der Waals surface area contributed by atoms with E-state index in [1.807, 2.05) is 0 Å². The van der Waals surface area contributed by atoms with Crippen molar-refractivity contribution in [1.82, 2.24) is 4.98 Å². The highest BCUT2D eigenvalue weighted by molar-refractivity contribution is 5.61. The topological polar surface area (TPSA) is 62.6 Å². The lowest BCUT2D eigenvalue weighted by Crippen LogP contribution is -2.19. The van der Waals surface area contributed by atoms with E-state index in [1.54, 1.807) is 0 Å². The average Bonchev–Trinajstić information content (AvgIpc) is 2.51. The Kier molecular flexibility index (Phi) is 5.17. The minimum Gasteiger partial charge on any atom is -0.484 e. The molecule has 1 aromatic heterocycles. The molecule has 2 aromatic rings. The second-order valence-corrected chi connectivity index (χ2v) is 4.69. The molecule has 4 nitrogen and oxygen atoms in total. The molecular formula is C15H13F4NO3. The highest BCUT2D eigenvalue weighted by Crippen LogP contribution is 2.27. The van der Waals surface area contributed by atoms with Gasteiger partial charge in [0.1, 0.15) is 17.7 Å². The predicted molar refractivity (Wildman–Crippen MR) is 73.2 cm³/mol. The molecule has 2 N–H and O–H groups in total. The minimum absolute atomic E-state index is 0.0383. The van der Waals surface area contributed by atoms with Crippen molar-refractivity contribution in [3.63, 3.8) is 0 Å². The molecule has 2 rings (SSSR count). The second-order valence-electron chi connectivity index (χ2n) is 4.69. The predicted octanol–water partition coefficient (Wildman–Crippen LogP) is 2.85. The van der Waals surface area contributed by atoms with Gasteiger partial charge in [-0.2, -0.15) is 13.2 Å². The molecule has 0 aliphatic heterocycles. The number of halogens is 4. The van der Waals surface area contributed by atoms with Gasteiger partial charge in [-0.3, -0.25) is 0 Å². The SMILES string of the molecule is OCC(O)c1cccc(-c2ccc(OCC(F)(F)F)cc2F)n1. The van der Waals surface area contributed by atoms with Crippen molar-refractivity contribution >= 4 is 0 Å². The Hall–Kier alpha value is -2.19. The molecule has 1 unspecified atom stereocenters. The maximum absolute atomic E-state index is 14.1. The molecule has 124 valence electrons. The highest BCUT2D eigenvalue weighted by atomic mass is 19.4. The van der Waals surface area contributed by atoms with Crippen LogP contribution < -0.4 is 4.74 Å². The number of ether oxygens (including phenoxy) is 1. The largest absolute Gasteiger partial charge is 0.484 e. The first-order valence-corrected chi connectivity index (χ1v) is 6.55. The zero-order valence-corrected chi connectivity index (χ0v) is 11.7. The van der Waals surface area contributed by atoms with Crippen LogP contribution >= 0.6 is 0 Å². The van der Waals surface area contributed by atoms with Gasteiger partial charge in [0, 0.05) is 11.6 Å². The van der Waals surface area contributed by atoms with Crippen LogP contribution in [0.25, 0.3) is 11.3 Å². The Morgan fingerprint density at radius 3 is 2.52 bits per heavy atom. The Balaban J connectivity index is 2.24. The summed E-state index contributed by atoms with van der Waals surface area (Å²) in [5, 5.41) is 18.4. The van der Waals surface area contributed by atoms with E-state index >= 15 is 0 Å². The van der Waals surface area contributed by atoms with Crippen molar-refractivity contribution in [2.45, 2.75) is 12.3 Å². The van der Waals surface area contributed by atoms with E-state index in [0.29, 0.717) is 0 Å². The lowest BCUT2D eigenvalue weighted by atomic mass is 10.1. The molecule has 0 aliphatic rings. The number of rotatable bonds is 5. The van der Waals surface area contributed by atoms with E-state index in [4.69, 9.17) is 5.11 Å². The molecule has 0 aliphatic carbocycles. The van der Waals surface area contributed by atoms with Crippen LogP contribution in [0.4, 0.5) is 17.6 Å². The fraction of sp³-hybridized carbons (Fsp3) is 0.267. The zero-order valence-electron chi connectivity index (χ0n) is 11.7. The number of nitrogens with zero attached hydrogens (tertiary/aromatic N) is 1. The summed E-state index contributed by atoms with van der Waals surface area (Å²) >= 11 is 0. The standard InChI is InChI=1S/C15H13F4NO3/c16-11-6-9(23-8-15(17,18)19)4-5-10(11)12-2-1-3-13(20-12)14(22)7-21/h1-6,14,21-22H,7-8H2. The van der Waals surface area contributed by atoms with Crippen molar-refractivity contribution in [2.75, 3.05) is 13.2 Å². The van der Waals surface area contributed by atoms with Crippen LogP contribution in [0.3, 0.4) is 0 Å². The molecule has 1 atom stereocenters. The van der Waals surface area contributed by atoms with Crippen LogP contribution in [0.5, 0.6) is 5.75 Å². The van der Waals surface area contributed by atoms with Crippen molar-refractivity contribution in [3.8, 4) is 17.0 Å². The summed E-state index contributed by atoms with van der Waals surface area (Å²) in [5.74, 6) is -1.07. The highest BCUT2D eigenvalue weighted by Gasteiger charge is 2.28. The van der Waals surface area contributed by atoms with Crippen molar-refractivity contribution in [1.29, 1.82) is 0 Å². The number of benzene rings is 1. The monoisotopic (exact) mass is 331 g/mol. The summed E-state index contributed by atoms with van der Waals surface area (Å²) < 4.78 is 54.7. The van der Waals surface area contributed by atoms with Gasteiger partial charge in [-0.25, -0.2) is 9.37 Å². The van der Waals surface area contributed by atoms with Gasteiger partial charge >= 0.3 is 6.18 Å². The van der Waals surface area contributed by atoms with Gasteiger partial charge in [0.2, 0.25) is 0 Å². The second kappa shape index (κ2) is 6.93. The fourth-order valence-corrected chi connectivity index (χ4v) is 1.84. The number of pyridine rings is 1. The van der Waals surface area contributed by atoms with Gasteiger partial charge in [-0.15, -0.1) is 0 Å². The Morgan fingerprint density at radius 1 is 1.17 bits per heavy atom. The maximum Gasteiger partial charge on any atom is 0.422 e. The molecule has 0 saturated heterocycles. The third kappa shape index (κ3) is 4.64. The van der Waals surface area contributed by atoms with Crippen molar-refractivity contribution in [3.05, 3.63) is 47.9 Å². The molecule has 0 fully saturated rings. The summed E-state index contributed by atoms with van der Waals surface area (Å²) in [6.45, 7) is -2.05. The van der Waals surface area contributed by atoms with Crippen molar-refractivity contribution in [2.24, 2.45) is 0 Å². The van der Waals surface area contributed by atoms with Crippen LogP contribution in [0, 0.1) is 5.82 Å². The Morgan fingerprint density at radius 2 is 1.91 bits per heavy atom. The van der Waals surface area contributed by atoms with Crippen LogP contribution in [0.1, 0.15) is 11.8 Å². The van der Waals surface area contributed by atoms with Crippen LogP contribution in [0.15, 0.2) is 36.4 Å². The fourth-order valence-electron chi connectivity index (χ4n) is 1.84. The third-order valence-corrected chi connectivity index (χ3v) is 2.90. The normalized spacial score (nSPS) is 13.0. The van der Waals surface area contributed by atoms with Crippen LogP contribution in [-0.2, 0) is 0 Å². The van der Waals surface area contributed by atoms with E-state index in [0.717, 1.165) is 6.07 Å². The molecule has 8 heteroatoms. The van der Waals surface area contributed by atoms with E-state index in [2.05, 4.69) is 9.72 Å². The number of alkyl halides is 3. The van der Waals surface area contributed by atoms with E-state index in [1.165, 1.54) is 30.3 Å². The number of hydrogen-bond acceptors (Lipinski definition) is 4. The van der Waals surface area contributed by atoms with Gasteiger partial charge in [-0.05, 0) is 24.3 Å². The van der Waals surface area contributed by atoms with Crippen LogP contribution in [-0.4, -0.2) is 34.6 Å². The average molecular weight is 331 g/mol. The van der Waals surface area contributed by atoms with E-state index in [-0.39, 0.29) is 22.7 Å². The molecule has 23 heavy (non-hydrogen) atoms. The summed E-state index contributed by atoms with van der Waals surface area (Å²) in [7, 11) is 0. The van der Waals surface area contributed by atoms with Gasteiger partial charge in [0.05, 0.1) is 18.0 Å². The Labute approximate surface area is 129 Å². The first-order valence-electron chi connectivity index (χ1n) is 6.55. The van der Waals surface area contributed by atoms with Gasteiger partial charge in [0.25, 0.3) is 0 Å². The Bertz CT molecular complexity index is 676. The number of aromatic nitrogens is 1. The first-order chi connectivity index (χ1) is 10.8. The smallest absolute Gasteiger partial charge is 0.422 e. The summed E-state index contributed by atoms with van der Waals surface area (Å²) in [6, 6.07) is 7.72. The first kappa shape index (κ1) is 17.2. The number of hydrogen-bond donors (Lipinski definition) is 2. The third-order valence-electron chi connectivity index (χ3n) is 2.90. The molecular weight excluding hydrogens is 318 g/mol. The molecule has 0 bridgehead atoms. The summed E-state index contributed by atoms with van der Waals surface area (Å²) in [5.41, 5.74) is 0.369. The van der Waals surface area contributed by atoms with Gasteiger partial charge < -0.3 is 14.9 Å². The van der Waals surface area contributed by atoms with Gasteiger partial charge in [-0.1, -0.05) is 6.07 Å². The molecule has 1 aromatic carbocycles. The van der Waals surface area contributed by atoms with E-state index < -0.39 is 31.3 Å². The quantitative estimate of drug-likeness (QED) is 0.827. The number of aliphatic hydroxyl groups is 2. The maximum atomic E-state index is 14.1. The summed E-state index contributed by atoms with van der Waals surface area (Å²) in [6.07, 6.45) is -5.71. The van der Waals surface area contributed by atoms with Crippen LogP contribution in [0.2, 0.25) is 0 Å². The van der Waals surface area contributed by atoms with Gasteiger partial charge in [0.15, 0.2) is 6.61 Å². The molecule has 0 radical (unpaired) electrons. The molecule has 1 heterocycles. The summed E-state index contributed by atoms with van der Waals surface area (Å²) in [4.78, 5) is 4.02. The lowest BCUT2D eigenvalue weighted by molar-refractivity contribution is -0.153. The minimum atomic E-state index is -4.51. The van der Waals surface area contributed by atoms with Crippen molar-refractivity contribution < 1.29 is 32.5 Å². The zero-order chi connectivity index (χ0) is 17.0. The number of aliphatic hydroxyl groups excluding tert-OH is 2. The molecule has 0 amide bonds. The molecule has 0 spiro atoms. The lowest BCUT2D eigenvalue weighted by Gasteiger charge is -2.11. The van der Waals surface area contributed by atoms with E-state index in [9.17, 15) is 22.7 Å². The molecule has 0 saturated carbocycles.